The van der Waals surface area contributed by atoms with Crippen LogP contribution < -0.4 is 24.8 Å². The van der Waals surface area contributed by atoms with Crippen LogP contribution in [0.15, 0.2) is 76.9 Å². The number of halogens is 1. The number of para-hydroxylation sites is 2. The molecule has 0 aliphatic heterocycles. The van der Waals surface area contributed by atoms with Crippen molar-refractivity contribution in [3.63, 3.8) is 0 Å². The lowest BCUT2D eigenvalue weighted by Crippen LogP contribution is -2.30. The minimum Gasteiger partial charge on any atom is -0.496 e. The first-order chi connectivity index (χ1) is 16.0. The van der Waals surface area contributed by atoms with Gasteiger partial charge in [0.1, 0.15) is 11.4 Å². The molecule has 170 valence electrons. The maximum absolute atomic E-state index is 13.2. The van der Waals surface area contributed by atoms with Crippen LogP contribution in [0.4, 0.5) is 5.69 Å². The van der Waals surface area contributed by atoms with E-state index in [9.17, 15) is 9.59 Å². The lowest BCUT2D eigenvalue weighted by atomic mass is 10.1. The molecule has 0 saturated carbocycles. The molecule has 2 amide bonds. The molecule has 33 heavy (non-hydrogen) atoms. The molecule has 0 fully saturated rings. The molecule has 0 spiro atoms. The Bertz CT molecular complexity index is 1190. The Morgan fingerprint density at radius 3 is 2.18 bits per heavy atom. The van der Waals surface area contributed by atoms with E-state index in [4.69, 9.17) is 14.2 Å². The fourth-order valence-corrected chi connectivity index (χ4v) is 3.41. The molecule has 7 nitrogen and oxygen atoms in total. The summed E-state index contributed by atoms with van der Waals surface area (Å²) in [5, 5.41) is 5.52. The number of anilines is 1. The molecule has 8 heteroatoms. The molecular formula is C25H23BrN2O5. The van der Waals surface area contributed by atoms with E-state index < -0.39 is 11.8 Å². The Hall–Kier alpha value is -3.78. The van der Waals surface area contributed by atoms with E-state index in [0.717, 1.165) is 0 Å². The normalized spacial score (nSPS) is 10.8. The van der Waals surface area contributed by atoms with Crippen LogP contribution in [0.5, 0.6) is 17.2 Å². The number of hydrogen-bond donors (Lipinski definition) is 2. The van der Waals surface area contributed by atoms with Gasteiger partial charge in [0.25, 0.3) is 11.8 Å². The first-order valence-corrected chi connectivity index (χ1v) is 10.7. The summed E-state index contributed by atoms with van der Waals surface area (Å²) in [6.07, 6.45) is 1.56. The van der Waals surface area contributed by atoms with Crippen LogP contribution in [0.2, 0.25) is 0 Å². The summed E-state index contributed by atoms with van der Waals surface area (Å²) in [5.41, 5.74) is 1.53. The molecule has 0 radical (unpaired) electrons. The van der Waals surface area contributed by atoms with Crippen molar-refractivity contribution in [1.29, 1.82) is 0 Å². The van der Waals surface area contributed by atoms with Crippen LogP contribution in [-0.4, -0.2) is 33.1 Å². The lowest BCUT2D eigenvalue weighted by molar-refractivity contribution is -0.113. The first-order valence-electron chi connectivity index (χ1n) is 9.90. The van der Waals surface area contributed by atoms with Crippen molar-refractivity contribution >= 4 is 39.5 Å². The highest BCUT2D eigenvalue weighted by Gasteiger charge is 2.18. The van der Waals surface area contributed by atoms with Gasteiger partial charge in [-0.2, -0.15) is 0 Å². The first kappa shape index (κ1) is 23.9. The molecular weight excluding hydrogens is 488 g/mol. The van der Waals surface area contributed by atoms with E-state index in [2.05, 4.69) is 26.6 Å². The third-order valence-corrected chi connectivity index (χ3v) is 5.39. The third-order valence-electron chi connectivity index (χ3n) is 4.70. The predicted octanol–water partition coefficient (Wildman–Crippen LogP) is 4.88. The fourth-order valence-electron chi connectivity index (χ4n) is 3.02. The predicted molar refractivity (Wildman–Crippen MR) is 131 cm³/mol. The zero-order valence-corrected chi connectivity index (χ0v) is 19.9. The van der Waals surface area contributed by atoms with Crippen molar-refractivity contribution in [2.24, 2.45) is 0 Å². The minimum atomic E-state index is -0.498. The molecule has 3 aromatic carbocycles. The SMILES string of the molecule is COc1ccccc1C=C(NC(=O)c1ccc(OC)c(OC)c1)C(=O)Nc1ccccc1Br. The summed E-state index contributed by atoms with van der Waals surface area (Å²) >= 11 is 3.41. The average Bonchev–Trinajstić information content (AvgIpc) is 2.84. The topological polar surface area (TPSA) is 85.9 Å². The number of carbonyl (C=O) groups is 2. The van der Waals surface area contributed by atoms with Crippen LogP contribution >= 0.6 is 15.9 Å². The Kier molecular flexibility index (Phi) is 8.10. The molecule has 0 aromatic heterocycles. The highest BCUT2D eigenvalue weighted by Crippen LogP contribution is 2.28. The van der Waals surface area contributed by atoms with Crippen molar-refractivity contribution < 1.29 is 23.8 Å². The van der Waals surface area contributed by atoms with Gasteiger partial charge in [0, 0.05) is 15.6 Å². The van der Waals surface area contributed by atoms with Gasteiger partial charge in [0.2, 0.25) is 0 Å². The molecule has 0 bridgehead atoms. The molecule has 0 saturated heterocycles. The smallest absolute Gasteiger partial charge is 0.272 e. The summed E-state index contributed by atoms with van der Waals surface area (Å²) in [4.78, 5) is 26.2. The highest BCUT2D eigenvalue weighted by atomic mass is 79.9. The van der Waals surface area contributed by atoms with Gasteiger partial charge in [0.05, 0.1) is 27.0 Å². The van der Waals surface area contributed by atoms with Crippen molar-refractivity contribution in [2.75, 3.05) is 26.6 Å². The summed E-state index contributed by atoms with van der Waals surface area (Å²) < 4.78 is 16.6. The number of ether oxygens (including phenoxy) is 3. The van der Waals surface area contributed by atoms with Crippen LogP contribution in [0, 0.1) is 0 Å². The third kappa shape index (κ3) is 5.93. The Balaban J connectivity index is 1.96. The van der Waals surface area contributed by atoms with Crippen LogP contribution in [0.1, 0.15) is 15.9 Å². The molecule has 0 aliphatic rings. The van der Waals surface area contributed by atoms with Crippen molar-refractivity contribution in [3.05, 3.63) is 88.0 Å². The number of rotatable bonds is 8. The molecule has 0 unspecified atom stereocenters. The van der Waals surface area contributed by atoms with Gasteiger partial charge in [0.15, 0.2) is 11.5 Å². The summed E-state index contributed by atoms with van der Waals surface area (Å²) in [5.74, 6) is 0.466. The number of nitrogens with one attached hydrogen (secondary N) is 2. The summed E-state index contributed by atoms with van der Waals surface area (Å²) in [6, 6.07) is 19.1. The maximum Gasteiger partial charge on any atom is 0.272 e. The van der Waals surface area contributed by atoms with E-state index in [1.807, 2.05) is 18.2 Å². The van der Waals surface area contributed by atoms with Crippen LogP contribution in [-0.2, 0) is 4.79 Å². The van der Waals surface area contributed by atoms with Crippen LogP contribution in [0.3, 0.4) is 0 Å². The quantitative estimate of drug-likeness (QED) is 0.421. The maximum atomic E-state index is 13.2. The second-order valence-corrected chi connectivity index (χ2v) is 7.61. The Morgan fingerprint density at radius 1 is 0.818 bits per heavy atom. The molecule has 0 heterocycles. The standard InChI is InChI=1S/C25H23BrN2O5/c1-31-21-11-7-4-8-16(21)14-20(25(30)27-19-10-6-5-9-18(19)26)28-24(29)17-12-13-22(32-2)23(15-17)33-3/h4-15H,1-3H3,(H,27,30)(H,28,29). The van der Waals surface area contributed by atoms with Gasteiger partial charge in [-0.05, 0) is 58.4 Å². The fraction of sp³-hybridized carbons (Fsp3) is 0.120. The average molecular weight is 511 g/mol. The lowest BCUT2D eigenvalue weighted by Gasteiger charge is -2.14. The number of amides is 2. The van der Waals surface area contributed by atoms with Gasteiger partial charge in [-0.1, -0.05) is 30.3 Å². The Morgan fingerprint density at radius 2 is 1.48 bits per heavy atom. The minimum absolute atomic E-state index is 0.0371. The number of benzene rings is 3. The van der Waals surface area contributed by atoms with Gasteiger partial charge in [-0.25, -0.2) is 0 Å². The van der Waals surface area contributed by atoms with Gasteiger partial charge < -0.3 is 24.8 Å². The number of carbonyl (C=O) groups excluding carboxylic acids is 2. The van der Waals surface area contributed by atoms with E-state index >= 15 is 0 Å². The Labute approximate surface area is 200 Å². The van der Waals surface area contributed by atoms with Gasteiger partial charge >= 0.3 is 0 Å². The van der Waals surface area contributed by atoms with Crippen molar-refractivity contribution in [2.45, 2.75) is 0 Å². The molecule has 3 rings (SSSR count). The zero-order chi connectivity index (χ0) is 23.8. The number of hydrogen-bond acceptors (Lipinski definition) is 5. The van der Waals surface area contributed by atoms with Crippen molar-refractivity contribution in [3.8, 4) is 17.2 Å². The van der Waals surface area contributed by atoms with E-state index in [1.54, 1.807) is 54.6 Å². The monoisotopic (exact) mass is 510 g/mol. The molecule has 0 aliphatic carbocycles. The second kappa shape index (κ2) is 11.2. The van der Waals surface area contributed by atoms with E-state index in [0.29, 0.717) is 38.5 Å². The van der Waals surface area contributed by atoms with Gasteiger partial charge in [-0.15, -0.1) is 0 Å². The van der Waals surface area contributed by atoms with E-state index in [1.165, 1.54) is 21.3 Å². The second-order valence-electron chi connectivity index (χ2n) is 6.76. The number of methoxy groups -OCH3 is 3. The highest BCUT2D eigenvalue weighted by molar-refractivity contribution is 9.10. The molecule has 3 aromatic rings. The van der Waals surface area contributed by atoms with Crippen molar-refractivity contribution in [1.82, 2.24) is 5.32 Å². The van der Waals surface area contributed by atoms with Crippen LogP contribution in [0.25, 0.3) is 6.08 Å². The summed E-state index contributed by atoms with van der Waals surface area (Å²) in [7, 11) is 4.53. The largest absolute Gasteiger partial charge is 0.496 e. The molecule has 0 atom stereocenters. The zero-order valence-electron chi connectivity index (χ0n) is 18.3. The summed E-state index contributed by atoms with van der Waals surface area (Å²) in [6.45, 7) is 0. The van der Waals surface area contributed by atoms with E-state index in [-0.39, 0.29) is 5.70 Å². The van der Waals surface area contributed by atoms with Gasteiger partial charge in [-0.3, -0.25) is 9.59 Å². The molecule has 2 N–H and O–H groups in total.